The van der Waals surface area contributed by atoms with Crippen LogP contribution < -0.4 is 5.32 Å². The Hall–Kier alpha value is -2.31. The van der Waals surface area contributed by atoms with E-state index >= 15 is 0 Å². The molecule has 1 atom stereocenters. The second kappa shape index (κ2) is 4.84. The first-order valence-corrected chi connectivity index (χ1v) is 7.52. The molecule has 1 saturated heterocycles. The average molecular weight is 308 g/mol. The van der Waals surface area contributed by atoms with Crippen molar-refractivity contribution in [3.63, 3.8) is 0 Å². The zero-order valence-electron chi connectivity index (χ0n) is 13.3. The SMILES string of the molecule is BC1(B)CCC(B)(N2C(=O)c3ccccc3C2=O)C(=O)NC1=O. The summed E-state index contributed by atoms with van der Waals surface area (Å²) >= 11 is 0. The highest BCUT2D eigenvalue weighted by Crippen LogP contribution is 2.36. The molecule has 1 unspecified atom stereocenters. The van der Waals surface area contributed by atoms with Crippen LogP contribution in [0.4, 0.5) is 0 Å². The molecule has 0 saturated carbocycles. The number of hydrogen-bond donors (Lipinski definition) is 1. The zero-order valence-corrected chi connectivity index (χ0v) is 13.3. The van der Waals surface area contributed by atoms with Gasteiger partial charge in [0, 0.05) is 0 Å². The molecule has 3 rings (SSSR count). The maximum absolute atomic E-state index is 12.7. The van der Waals surface area contributed by atoms with Crippen LogP contribution in [0.1, 0.15) is 33.6 Å². The zero-order chi connectivity index (χ0) is 17.0. The highest BCUT2D eigenvalue weighted by atomic mass is 16.2. The smallest absolute Gasteiger partial charge is 0.261 e. The van der Waals surface area contributed by atoms with Gasteiger partial charge < -0.3 is 0 Å². The molecule has 2 heterocycles. The summed E-state index contributed by atoms with van der Waals surface area (Å²) in [6.45, 7) is 0. The third kappa shape index (κ3) is 2.14. The fourth-order valence-corrected chi connectivity index (χ4v) is 3.04. The monoisotopic (exact) mass is 308 g/mol. The average Bonchev–Trinajstić information content (AvgIpc) is 2.73. The minimum atomic E-state index is -1.38. The van der Waals surface area contributed by atoms with Gasteiger partial charge in [0.15, 0.2) is 0 Å². The molecule has 2 aliphatic rings. The van der Waals surface area contributed by atoms with Gasteiger partial charge in [-0.3, -0.25) is 29.4 Å². The lowest BCUT2D eigenvalue weighted by molar-refractivity contribution is -0.133. The maximum Gasteiger partial charge on any atom is 0.261 e. The van der Waals surface area contributed by atoms with Crippen molar-refractivity contribution < 1.29 is 19.2 Å². The highest BCUT2D eigenvalue weighted by molar-refractivity contribution is 6.52. The van der Waals surface area contributed by atoms with E-state index in [-0.39, 0.29) is 12.3 Å². The van der Waals surface area contributed by atoms with Crippen molar-refractivity contribution in [3.8, 4) is 0 Å². The van der Waals surface area contributed by atoms with Crippen LogP contribution in [-0.4, -0.2) is 57.5 Å². The van der Waals surface area contributed by atoms with E-state index in [1.807, 2.05) is 0 Å². The maximum atomic E-state index is 12.7. The Labute approximate surface area is 136 Å². The number of carbonyl (C=O) groups is 4. The molecule has 1 aromatic carbocycles. The van der Waals surface area contributed by atoms with E-state index in [0.29, 0.717) is 17.5 Å². The molecule has 0 bridgehead atoms. The number of imide groups is 2. The predicted octanol–water partition coefficient (Wildman–Crippen LogP) is -2.57. The minimum Gasteiger partial charge on any atom is -0.296 e. The number of nitrogens with zero attached hydrogens (tertiary/aromatic N) is 1. The number of amides is 4. The van der Waals surface area contributed by atoms with E-state index in [9.17, 15) is 19.2 Å². The molecule has 1 aromatic rings. The number of benzene rings is 1. The topological polar surface area (TPSA) is 83.6 Å². The lowest BCUT2D eigenvalue weighted by atomic mass is 9.51. The largest absolute Gasteiger partial charge is 0.296 e. The Morgan fingerprint density at radius 1 is 0.870 bits per heavy atom. The van der Waals surface area contributed by atoms with Crippen molar-refractivity contribution in [1.29, 1.82) is 0 Å². The molecular weight excluding hydrogens is 293 g/mol. The lowest BCUT2D eigenvalue weighted by Crippen LogP contribution is -2.61. The van der Waals surface area contributed by atoms with E-state index in [1.165, 1.54) is 0 Å². The summed E-state index contributed by atoms with van der Waals surface area (Å²) in [7, 11) is 5.02. The van der Waals surface area contributed by atoms with E-state index in [0.717, 1.165) is 4.90 Å². The summed E-state index contributed by atoms with van der Waals surface area (Å²) in [5.74, 6) is -1.98. The molecular formula is C14H15B3N2O4. The number of nitrogens with one attached hydrogen (secondary N) is 1. The van der Waals surface area contributed by atoms with Crippen LogP contribution in [0.25, 0.3) is 0 Å². The second-order valence-electron chi connectivity index (χ2n) is 6.93. The van der Waals surface area contributed by atoms with Crippen molar-refractivity contribution in [3.05, 3.63) is 35.4 Å². The number of fused-ring (bicyclic) bond motifs is 1. The fourth-order valence-electron chi connectivity index (χ4n) is 3.04. The van der Waals surface area contributed by atoms with Gasteiger partial charge in [0.1, 0.15) is 23.5 Å². The van der Waals surface area contributed by atoms with Gasteiger partial charge >= 0.3 is 0 Å². The first-order chi connectivity index (χ1) is 10.7. The quantitative estimate of drug-likeness (QED) is 0.457. The summed E-state index contributed by atoms with van der Waals surface area (Å²) in [6, 6.07) is 6.50. The van der Waals surface area contributed by atoms with Gasteiger partial charge in [0.05, 0.1) is 16.6 Å². The normalized spacial score (nSPS) is 26.7. The van der Waals surface area contributed by atoms with Crippen molar-refractivity contribution in [2.45, 2.75) is 23.5 Å². The minimum absolute atomic E-state index is 0.239. The Balaban J connectivity index is 2.04. The summed E-state index contributed by atoms with van der Waals surface area (Å²) in [5.41, 5.74) is -0.793. The molecule has 2 aliphatic heterocycles. The van der Waals surface area contributed by atoms with Crippen LogP contribution in [0.15, 0.2) is 24.3 Å². The Morgan fingerprint density at radius 3 is 1.91 bits per heavy atom. The van der Waals surface area contributed by atoms with Crippen LogP contribution in [0.2, 0.25) is 5.21 Å². The molecule has 4 amide bonds. The van der Waals surface area contributed by atoms with Crippen LogP contribution >= 0.6 is 0 Å². The van der Waals surface area contributed by atoms with Crippen LogP contribution in [0, 0.1) is 0 Å². The molecule has 1 N–H and O–H groups in total. The number of hydrogen-bond acceptors (Lipinski definition) is 4. The van der Waals surface area contributed by atoms with Crippen LogP contribution in [0.3, 0.4) is 0 Å². The molecule has 6 nitrogen and oxygen atoms in total. The van der Waals surface area contributed by atoms with Crippen LogP contribution in [0.5, 0.6) is 0 Å². The van der Waals surface area contributed by atoms with Crippen molar-refractivity contribution in [2.75, 3.05) is 0 Å². The summed E-state index contributed by atoms with van der Waals surface area (Å²) in [4.78, 5) is 51.0. The number of carbonyl (C=O) groups excluding carboxylic acids is 4. The van der Waals surface area contributed by atoms with Gasteiger partial charge in [-0.2, -0.15) is 0 Å². The third-order valence-corrected chi connectivity index (χ3v) is 4.86. The first-order valence-electron chi connectivity index (χ1n) is 7.52. The Bertz CT molecular complexity index is 729. The van der Waals surface area contributed by atoms with E-state index in [2.05, 4.69) is 5.32 Å². The van der Waals surface area contributed by atoms with E-state index < -0.39 is 28.4 Å². The molecule has 114 valence electrons. The number of rotatable bonds is 1. The predicted molar refractivity (Wildman–Crippen MR) is 90.4 cm³/mol. The van der Waals surface area contributed by atoms with E-state index in [4.69, 9.17) is 0 Å². The molecule has 23 heavy (non-hydrogen) atoms. The van der Waals surface area contributed by atoms with Crippen molar-refractivity contribution in [1.82, 2.24) is 10.2 Å². The van der Waals surface area contributed by atoms with Gasteiger partial charge in [-0.15, -0.1) is 0 Å². The molecule has 0 aromatic heterocycles. The van der Waals surface area contributed by atoms with E-state index in [1.54, 1.807) is 47.8 Å². The molecule has 0 spiro atoms. The highest BCUT2D eigenvalue weighted by Gasteiger charge is 2.53. The van der Waals surface area contributed by atoms with Crippen LogP contribution in [-0.2, 0) is 9.59 Å². The van der Waals surface area contributed by atoms with Gasteiger partial charge in [0.2, 0.25) is 11.8 Å². The van der Waals surface area contributed by atoms with Gasteiger partial charge in [-0.1, -0.05) is 18.6 Å². The van der Waals surface area contributed by atoms with Crippen molar-refractivity contribution in [2.24, 2.45) is 0 Å². The van der Waals surface area contributed by atoms with Gasteiger partial charge in [-0.25, -0.2) is 0 Å². The molecule has 1 fully saturated rings. The first kappa shape index (κ1) is 15.6. The third-order valence-electron chi connectivity index (χ3n) is 4.86. The lowest BCUT2D eigenvalue weighted by Gasteiger charge is -2.35. The molecule has 0 aliphatic carbocycles. The standard InChI is InChI=1S/C14H15B3N2O4/c15-13(16)5-6-14(17,12(23)18-11(13)22)19-9(20)7-3-1-2-4-8(7)10(19)21/h1-4H,5-6,15-17H2,(H,18,22,23). The molecule has 9 heteroatoms. The second-order valence-corrected chi connectivity index (χ2v) is 6.93. The van der Waals surface area contributed by atoms with Gasteiger partial charge in [0.25, 0.3) is 11.8 Å². The summed E-state index contributed by atoms with van der Waals surface area (Å²) in [5, 5.41) is 1.61. The fraction of sp³-hybridized carbons (Fsp3) is 0.286. The Kier molecular flexibility index (Phi) is 3.28. The van der Waals surface area contributed by atoms with Crippen molar-refractivity contribution >= 4 is 47.2 Å². The molecule has 0 radical (unpaired) electrons. The summed E-state index contributed by atoms with van der Waals surface area (Å²) in [6.07, 6.45) is 0.636. The summed E-state index contributed by atoms with van der Waals surface area (Å²) < 4.78 is 0. The Morgan fingerprint density at radius 2 is 1.39 bits per heavy atom. The van der Waals surface area contributed by atoms with Gasteiger partial charge in [-0.05, 0) is 23.8 Å².